The zero-order valence-corrected chi connectivity index (χ0v) is 10.7. The molecule has 1 amide bonds. The van der Waals surface area contributed by atoms with Crippen LogP contribution < -0.4 is 11.1 Å². The second-order valence-electron chi connectivity index (χ2n) is 4.42. The number of fused-ring (bicyclic) bond motifs is 1. The number of carbonyl (C=O) groups excluding carboxylic acids is 1. The predicted octanol–water partition coefficient (Wildman–Crippen LogP) is 3.07. The number of nitrogens with two attached hydrogens (primary N) is 1. The highest BCUT2D eigenvalue weighted by Crippen LogP contribution is 2.20. The van der Waals surface area contributed by atoms with E-state index in [0.717, 1.165) is 5.39 Å². The standard InChI is InChI=1S/C16H13N3O/c17-13-8-1-2-9-14(13)19-16(20)12-7-3-5-11-6-4-10-18-15(11)12/h1-10H,17H2,(H,19,20). The van der Waals surface area contributed by atoms with Gasteiger partial charge in [-0.05, 0) is 24.3 Å². The molecule has 2 aromatic carbocycles. The van der Waals surface area contributed by atoms with Gasteiger partial charge in [0.15, 0.2) is 0 Å². The number of hydrogen-bond donors (Lipinski definition) is 2. The van der Waals surface area contributed by atoms with Crippen molar-refractivity contribution in [2.45, 2.75) is 0 Å². The summed E-state index contributed by atoms with van der Waals surface area (Å²) >= 11 is 0. The monoisotopic (exact) mass is 263 g/mol. The van der Waals surface area contributed by atoms with Crippen molar-refractivity contribution < 1.29 is 4.79 Å². The van der Waals surface area contributed by atoms with Crippen LogP contribution in [-0.2, 0) is 0 Å². The SMILES string of the molecule is Nc1ccccc1NC(=O)c1cccc2cccnc12. The number of carbonyl (C=O) groups is 1. The number of para-hydroxylation sites is 3. The number of nitrogen functional groups attached to an aromatic ring is 1. The Labute approximate surface area is 116 Å². The van der Waals surface area contributed by atoms with Crippen LogP contribution in [0.4, 0.5) is 11.4 Å². The minimum absolute atomic E-state index is 0.216. The fourth-order valence-corrected chi connectivity index (χ4v) is 2.09. The number of pyridine rings is 1. The number of nitrogens with zero attached hydrogens (tertiary/aromatic N) is 1. The normalized spacial score (nSPS) is 10.4. The van der Waals surface area contributed by atoms with E-state index in [-0.39, 0.29) is 5.91 Å². The highest BCUT2D eigenvalue weighted by atomic mass is 16.1. The predicted molar refractivity (Wildman–Crippen MR) is 80.6 cm³/mol. The maximum absolute atomic E-state index is 12.4. The molecule has 0 unspecified atom stereocenters. The van der Waals surface area contributed by atoms with Gasteiger partial charge in [0, 0.05) is 11.6 Å². The van der Waals surface area contributed by atoms with Crippen molar-refractivity contribution in [2.75, 3.05) is 11.1 Å². The average molecular weight is 263 g/mol. The first-order chi connectivity index (χ1) is 9.75. The second-order valence-corrected chi connectivity index (χ2v) is 4.42. The molecule has 0 aliphatic rings. The molecule has 0 atom stereocenters. The minimum Gasteiger partial charge on any atom is -0.397 e. The Morgan fingerprint density at radius 2 is 1.80 bits per heavy atom. The summed E-state index contributed by atoms with van der Waals surface area (Å²) in [7, 11) is 0. The summed E-state index contributed by atoms with van der Waals surface area (Å²) in [6.07, 6.45) is 1.68. The molecule has 98 valence electrons. The van der Waals surface area contributed by atoms with Crippen molar-refractivity contribution in [1.82, 2.24) is 4.98 Å². The van der Waals surface area contributed by atoms with Gasteiger partial charge in [0.25, 0.3) is 5.91 Å². The molecule has 3 aromatic rings. The number of aromatic nitrogens is 1. The lowest BCUT2D eigenvalue weighted by molar-refractivity contribution is 0.102. The van der Waals surface area contributed by atoms with Crippen LogP contribution in [0.5, 0.6) is 0 Å². The van der Waals surface area contributed by atoms with Gasteiger partial charge in [-0.15, -0.1) is 0 Å². The van der Waals surface area contributed by atoms with Crippen molar-refractivity contribution in [3.63, 3.8) is 0 Å². The Balaban J connectivity index is 1.99. The largest absolute Gasteiger partial charge is 0.397 e. The van der Waals surface area contributed by atoms with E-state index in [1.165, 1.54) is 0 Å². The summed E-state index contributed by atoms with van der Waals surface area (Å²) < 4.78 is 0. The smallest absolute Gasteiger partial charge is 0.257 e. The molecule has 0 spiro atoms. The molecular weight excluding hydrogens is 250 g/mol. The number of amides is 1. The molecule has 1 heterocycles. The first-order valence-corrected chi connectivity index (χ1v) is 6.25. The molecule has 0 saturated heterocycles. The zero-order valence-electron chi connectivity index (χ0n) is 10.7. The first kappa shape index (κ1) is 12.2. The minimum atomic E-state index is -0.216. The van der Waals surface area contributed by atoms with Crippen LogP contribution in [0, 0.1) is 0 Å². The summed E-state index contributed by atoms with van der Waals surface area (Å²) in [6, 6.07) is 16.5. The van der Waals surface area contributed by atoms with E-state index in [9.17, 15) is 4.79 Å². The van der Waals surface area contributed by atoms with Gasteiger partial charge in [-0.1, -0.05) is 30.3 Å². The molecular formula is C16H13N3O. The summed E-state index contributed by atoms with van der Waals surface area (Å²) in [5, 5.41) is 3.75. The van der Waals surface area contributed by atoms with Gasteiger partial charge in [0.2, 0.25) is 0 Å². The molecule has 3 rings (SSSR count). The molecule has 3 N–H and O–H groups in total. The molecule has 0 aliphatic heterocycles. The van der Waals surface area contributed by atoms with E-state index >= 15 is 0 Å². The van der Waals surface area contributed by atoms with Gasteiger partial charge >= 0.3 is 0 Å². The van der Waals surface area contributed by atoms with Crippen molar-refractivity contribution in [3.05, 3.63) is 66.4 Å². The highest BCUT2D eigenvalue weighted by molar-refractivity contribution is 6.12. The number of nitrogens with one attached hydrogen (secondary N) is 1. The van der Waals surface area contributed by atoms with Gasteiger partial charge in [0.05, 0.1) is 22.5 Å². The number of rotatable bonds is 2. The summed E-state index contributed by atoms with van der Waals surface area (Å²) in [6.45, 7) is 0. The lowest BCUT2D eigenvalue weighted by atomic mass is 10.1. The lowest BCUT2D eigenvalue weighted by Gasteiger charge is -2.09. The molecule has 4 heteroatoms. The topological polar surface area (TPSA) is 68.0 Å². The fraction of sp³-hybridized carbons (Fsp3) is 0. The third-order valence-electron chi connectivity index (χ3n) is 3.09. The molecule has 0 radical (unpaired) electrons. The third kappa shape index (κ3) is 2.19. The van der Waals surface area contributed by atoms with Gasteiger partial charge < -0.3 is 11.1 Å². The van der Waals surface area contributed by atoms with Crippen LogP contribution in [0.25, 0.3) is 10.9 Å². The van der Waals surface area contributed by atoms with Crippen LogP contribution in [-0.4, -0.2) is 10.9 Å². The van der Waals surface area contributed by atoms with E-state index < -0.39 is 0 Å². The van der Waals surface area contributed by atoms with Crippen LogP contribution in [0.2, 0.25) is 0 Å². The van der Waals surface area contributed by atoms with Gasteiger partial charge in [-0.2, -0.15) is 0 Å². The molecule has 0 aliphatic carbocycles. The van der Waals surface area contributed by atoms with Crippen molar-refractivity contribution >= 4 is 28.2 Å². The Morgan fingerprint density at radius 3 is 2.65 bits per heavy atom. The van der Waals surface area contributed by atoms with Gasteiger partial charge in [0.1, 0.15) is 0 Å². The molecule has 4 nitrogen and oxygen atoms in total. The van der Waals surface area contributed by atoms with E-state index in [0.29, 0.717) is 22.5 Å². The van der Waals surface area contributed by atoms with Gasteiger partial charge in [-0.25, -0.2) is 0 Å². The average Bonchev–Trinajstić information content (AvgIpc) is 2.49. The fourth-order valence-electron chi connectivity index (χ4n) is 2.09. The molecule has 20 heavy (non-hydrogen) atoms. The van der Waals surface area contributed by atoms with Gasteiger partial charge in [-0.3, -0.25) is 9.78 Å². The lowest BCUT2D eigenvalue weighted by Crippen LogP contribution is -2.13. The summed E-state index contributed by atoms with van der Waals surface area (Å²) in [4.78, 5) is 16.6. The number of benzene rings is 2. The molecule has 0 bridgehead atoms. The molecule has 0 saturated carbocycles. The van der Waals surface area contributed by atoms with Crippen molar-refractivity contribution in [1.29, 1.82) is 0 Å². The number of anilines is 2. The maximum Gasteiger partial charge on any atom is 0.257 e. The second kappa shape index (κ2) is 5.01. The van der Waals surface area contributed by atoms with Crippen LogP contribution in [0.3, 0.4) is 0 Å². The Kier molecular flexibility index (Phi) is 3.05. The number of hydrogen-bond acceptors (Lipinski definition) is 3. The van der Waals surface area contributed by atoms with Crippen LogP contribution in [0.15, 0.2) is 60.8 Å². The molecule has 1 aromatic heterocycles. The summed E-state index contributed by atoms with van der Waals surface area (Å²) in [5.41, 5.74) is 8.18. The summed E-state index contributed by atoms with van der Waals surface area (Å²) in [5.74, 6) is -0.216. The Hall–Kier alpha value is -2.88. The molecule has 0 fully saturated rings. The van der Waals surface area contributed by atoms with Crippen molar-refractivity contribution in [3.8, 4) is 0 Å². The third-order valence-corrected chi connectivity index (χ3v) is 3.09. The first-order valence-electron chi connectivity index (χ1n) is 6.25. The van der Waals surface area contributed by atoms with E-state index in [1.807, 2.05) is 36.4 Å². The van der Waals surface area contributed by atoms with Crippen molar-refractivity contribution in [2.24, 2.45) is 0 Å². The van der Waals surface area contributed by atoms with E-state index in [2.05, 4.69) is 10.3 Å². The van der Waals surface area contributed by atoms with Crippen LogP contribution >= 0.6 is 0 Å². The Morgan fingerprint density at radius 1 is 1.00 bits per heavy atom. The quantitative estimate of drug-likeness (QED) is 0.698. The highest BCUT2D eigenvalue weighted by Gasteiger charge is 2.11. The van der Waals surface area contributed by atoms with Crippen LogP contribution in [0.1, 0.15) is 10.4 Å². The maximum atomic E-state index is 12.4. The van der Waals surface area contributed by atoms with E-state index in [4.69, 9.17) is 5.73 Å². The zero-order chi connectivity index (χ0) is 13.9. The Bertz CT molecular complexity index is 778. The van der Waals surface area contributed by atoms with E-state index in [1.54, 1.807) is 24.4 Å².